The number of nitrogens with zero attached hydrogens (tertiary/aromatic N) is 4. The monoisotopic (exact) mass is 402 g/mol. The van der Waals surface area contributed by atoms with Crippen molar-refractivity contribution >= 4 is 47.2 Å². The van der Waals surface area contributed by atoms with Crippen LogP contribution in [0.15, 0.2) is 30.1 Å². The molecule has 5 N–H and O–H groups in total. The van der Waals surface area contributed by atoms with Crippen molar-refractivity contribution in [2.75, 3.05) is 11.1 Å². The van der Waals surface area contributed by atoms with Crippen molar-refractivity contribution in [1.82, 2.24) is 30.2 Å². The Bertz CT molecular complexity index is 1160. The summed E-state index contributed by atoms with van der Waals surface area (Å²) in [5, 5.41) is 11.8. The van der Waals surface area contributed by atoms with Crippen molar-refractivity contribution in [1.29, 1.82) is 0 Å². The van der Waals surface area contributed by atoms with E-state index in [2.05, 4.69) is 31.0 Å². The number of anilines is 2. The molecule has 0 atom stereocenters. The van der Waals surface area contributed by atoms with Gasteiger partial charge in [0.15, 0.2) is 5.65 Å². The number of urea groups is 1. The van der Waals surface area contributed by atoms with Crippen LogP contribution < -0.4 is 21.7 Å². The molecule has 0 aliphatic carbocycles. The molecule has 10 nitrogen and oxygen atoms in total. The number of halogens is 2. The molecule has 0 spiro atoms. The fraction of sp³-hybridized carbons (Fsp3) is 0.0625. The number of nitrogen functional groups attached to an aromatic ring is 1. The lowest BCUT2D eigenvalue weighted by Crippen LogP contribution is -2.22. The maximum atomic E-state index is 13.2. The predicted molar refractivity (Wildman–Crippen MR) is 98.6 cm³/mol. The highest BCUT2D eigenvalue weighted by atomic mass is 35.5. The number of nitrogens with two attached hydrogens (primary N) is 1. The Labute approximate surface area is 161 Å². The largest absolute Gasteiger partial charge is 0.368 e. The van der Waals surface area contributed by atoms with E-state index in [1.807, 2.05) is 0 Å². The number of hydrogen-bond donors (Lipinski definition) is 4. The normalized spacial score (nSPS) is 15.1. The lowest BCUT2D eigenvalue weighted by Gasteiger charge is -2.08. The number of nitrogens with one attached hydrogen (secondary N) is 3. The average Bonchev–Trinajstić information content (AvgIpc) is 3.18. The van der Waals surface area contributed by atoms with E-state index in [-0.39, 0.29) is 29.2 Å². The first-order chi connectivity index (χ1) is 13.4. The van der Waals surface area contributed by atoms with Gasteiger partial charge in [-0.15, -0.1) is 0 Å². The minimum atomic E-state index is -0.611. The number of fused-ring (bicyclic) bond motifs is 1. The van der Waals surface area contributed by atoms with Crippen LogP contribution in [0.3, 0.4) is 0 Å². The number of hydrogen-bond acceptors (Lipinski definition) is 7. The van der Waals surface area contributed by atoms with Gasteiger partial charge in [-0.2, -0.15) is 19.6 Å². The molecule has 142 valence electrons. The van der Waals surface area contributed by atoms with Crippen molar-refractivity contribution in [3.05, 3.63) is 52.1 Å². The summed E-state index contributed by atoms with van der Waals surface area (Å²) in [7, 11) is 0. The lowest BCUT2D eigenvalue weighted by molar-refractivity contribution is -0.115. The van der Waals surface area contributed by atoms with Gasteiger partial charge in [0.1, 0.15) is 11.5 Å². The van der Waals surface area contributed by atoms with Gasteiger partial charge in [0, 0.05) is 17.1 Å². The van der Waals surface area contributed by atoms with Crippen LogP contribution in [-0.2, 0) is 11.3 Å². The molecule has 4 rings (SSSR count). The summed E-state index contributed by atoms with van der Waals surface area (Å²) in [4.78, 5) is 31.4. The van der Waals surface area contributed by atoms with Gasteiger partial charge in [-0.3, -0.25) is 10.1 Å². The van der Waals surface area contributed by atoms with Crippen molar-refractivity contribution < 1.29 is 14.0 Å². The van der Waals surface area contributed by atoms with Gasteiger partial charge >= 0.3 is 6.03 Å². The minimum absolute atomic E-state index is 0.0577. The van der Waals surface area contributed by atoms with Crippen LogP contribution in [0.25, 0.3) is 11.7 Å². The fourth-order valence-corrected chi connectivity index (χ4v) is 2.81. The topological polar surface area (TPSA) is 139 Å². The maximum Gasteiger partial charge on any atom is 0.326 e. The molecule has 3 amide bonds. The zero-order chi connectivity index (χ0) is 19.8. The molecule has 0 unspecified atom stereocenters. The number of benzene rings is 1. The van der Waals surface area contributed by atoms with Gasteiger partial charge in [0.05, 0.1) is 6.20 Å². The molecule has 0 saturated carbocycles. The van der Waals surface area contributed by atoms with Gasteiger partial charge < -0.3 is 16.4 Å². The molecule has 1 saturated heterocycles. The Morgan fingerprint density at radius 1 is 1.29 bits per heavy atom. The minimum Gasteiger partial charge on any atom is -0.368 e. The zero-order valence-electron chi connectivity index (χ0n) is 14.0. The molecular formula is C16H12ClFN8O2. The van der Waals surface area contributed by atoms with Crippen LogP contribution in [0.5, 0.6) is 0 Å². The first-order valence-corrected chi connectivity index (χ1v) is 8.31. The molecule has 1 aliphatic heterocycles. The number of imide groups is 1. The summed E-state index contributed by atoms with van der Waals surface area (Å²) < 4.78 is 14.4. The molecule has 2 aromatic heterocycles. The number of aromatic nitrogens is 4. The van der Waals surface area contributed by atoms with Crippen molar-refractivity contribution in [2.24, 2.45) is 0 Å². The molecule has 12 heteroatoms. The van der Waals surface area contributed by atoms with Crippen molar-refractivity contribution in [2.45, 2.75) is 6.54 Å². The van der Waals surface area contributed by atoms with Gasteiger partial charge in [-0.05, 0) is 23.8 Å². The van der Waals surface area contributed by atoms with Crippen LogP contribution in [0.2, 0.25) is 5.02 Å². The van der Waals surface area contributed by atoms with Gasteiger partial charge in [0.25, 0.3) is 5.91 Å². The molecule has 0 radical (unpaired) electrons. The standard InChI is InChI=1S/C16H12ClFN8O2/c17-10-4-9(18)2-1-7(10)5-20-15-23-12-8(6-21-26(12)14(19)25-15)3-11-13(27)24-16(28)22-11/h1-4,6H,5H2,(H3,19,20,23,25)(H2,22,24,27,28)/b11-3-. The third-order valence-electron chi connectivity index (χ3n) is 3.89. The Hall–Kier alpha value is -3.73. The first-order valence-electron chi connectivity index (χ1n) is 7.94. The van der Waals surface area contributed by atoms with Gasteiger partial charge in [-0.25, -0.2) is 9.18 Å². The molecule has 28 heavy (non-hydrogen) atoms. The summed E-state index contributed by atoms with van der Waals surface area (Å²) in [5.74, 6) is -0.751. The van der Waals surface area contributed by atoms with E-state index in [1.165, 1.54) is 28.9 Å². The fourth-order valence-electron chi connectivity index (χ4n) is 2.57. The maximum absolute atomic E-state index is 13.2. The van der Waals surface area contributed by atoms with E-state index in [0.717, 1.165) is 0 Å². The molecule has 3 heterocycles. The summed E-state index contributed by atoms with van der Waals surface area (Å²) in [6.45, 7) is 0.234. The number of carbonyl (C=O) groups excluding carboxylic acids is 2. The smallest absolute Gasteiger partial charge is 0.326 e. The summed E-state index contributed by atoms with van der Waals surface area (Å²) in [6, 6.07) is 3.44. The molecule has 3 aromatic rings. The van der Waals surface area contributed by atoms with E-state index >= 15 is 0 Å². The molecular weight excluding hydrogens is 391 g/mol. The quantitative estimate of drug-likeness (QED) is 0.381. The third-order valence-corrected chi connectivity index (χ3v) is 4.24. The summed E-state index contributed by atoms with van der Waals surface area (Å²) >= 11 is 6.01. The summed E-state index contributed by atoms with van der Waals surface area (Å²) in [5.41, 5.74) is 7.38. The predicted octanol–water partition coefficient (Wildman–Crippen LogP) is 1.29. The second-order valence-corrected chi connectivity index (χ2v) is 6.20. The Kier molecular flexibility index (Phi) is 4.28. The first kappa shape index (κ1) is 17.7. The second kappa shape index (κ2) is 6.78. The SMILES string of the molecule is Nc1nc(NCc2ccc(F)cc2Cl)nc2c(/C=C3\NC(=O)NC3=O)cnn12. The summed E-state index contributed by atoms with van der Waals surface area (Å²) in [6.07, 6.45) is 2.86. The Morgan fingerprint density at radius 3 is 2.82 bits per heavy atom. The van der Waals surface area contributed by atoms with Crippen LogP contribution in [0.1, 0.15) is 11.1 Å². The highest BCUT2D eigenvalue weighted by Crippen LogP contribution is 2.20. The van der Waals surface area contributed by atoms with Crippen LogP contribution >= 0.6 is 11.6 Å². The Morgan fingerprint density at radius 2 is 2.11 bits per heavy atom. The van der Waals surface area contributed by atoms with Crippen LogP contribution in [0.4, 0.5) is 21.1 Å². The van der Waals surface area contributed by atoms with Crippen molar-refractivity contribution in [3.8, 4) is 0 Å². The van der Waals surface area contributed by atoms with Gasteiger partial charge in [0.2, 0.25) is 11.9 Å². The number of rotatable bonds is 4. The van der Waals surface area contributed by atoms with Crippen LogP contribution in [0, 0.1) is 5.82 Å². The molecule has 0 bridgehead atoms. The highest BCUT2D eigenvalue weighted by molar-refractivity contribution is 6.31. The van der Waals surface area contributed by atoms with E-state index in [1.54, 1.807) is 6.07 Å². The van der Waals surface area contributed by atoms with E-state index in [4.69, 9.17) is 17.3 Å². The zero-order valence-corrected chi connectivity index (χ0v) is 14.8. The number of carbonyl (C=O) groups is 2. The van der Waals surface area contributed by atoms with E-state index < -0.39 is 17.8 Å². The number of amides is 3. The van der Waals surface area contributed by atoms with Crippen LogP contribution in [-0.4, -0.2) is 31.5 Å². The van der Waals surface area contributed by atoms with Gasteiger partial charge in [-0.1, -0.05) is 17.7 Å². The molecule has 1 aliphatic rings. The molecule has 1 aromatic carbocycles. The second-order valence-electron chi connectivity index (χ2n) is 5.80. The third kappa shape index (κ3) is 3.30. The van der Waals surface area contributed by atoms with E-state index in [9.17, 15) is 14.0 Å². The van der Waals surface area contributed by atoms with E-state index in [0.29, 0.717) is 16.8 Å². The lowest BCUT2D eigenvalue weighted by atomic mass is 10.2. The molecule has 1 fully saturated rings. The average molecular weight is 403 g/mol. The van der Waals surface area contributed by atoms with Crippen molar-refractivity contribution in [3.63, 3.8) is 0 Å². The highest BCUT2D eigenvalue weighted by Gasteiger charge is 2.23. The Balaban J connectivity index is 1.64.